The molecular weight excluding hydrogens is 1400 g/mol. The van der Waals surface area contributed by atoms with Crippen molar-refractivity contribution in [3.8, 4) is 33.8 Å². The Labute approximate surface area is 599 Å². The lowest BCUT2D eigenvalue weighted by Crippen LogP contribution is -2.29. The van der Waals surface area contributed by atoms with E-state index >= 15 is 0 Å². The number of ether oxygens (including phenoxy) is 1. The Balaban J connectivity index is 0.000000120. The lowest BCUT2D eigenvalue weighted by atomic mass is 9.96. The van der Waals surface area contributed by atoms with Gasteiger partial charge in [0.25, 0.3) is 0 Å². The Morgan fingerprint density at radius 3 is 1.44 bits per heavy atom. The number of nitrogens with zero attached hydrogens (tertiary/aromatic N) is 16. The number of aryl methyl sites for hydroxylation is 3. The van der Waals surface area contributed by atoms with Crippen molar-refractivity contribution in [2.45, 2.75) is 78.6 Å². The second-order valence-electron chi connectivity index (χ2n) is 23.9. The second kappa shape index (κ2) is 32.4. The molecule has 101 heavy (non-hydrogen) atoms. The van der Waals surface area contributed by atoms with Crippen LogP contribution in [-0.4, -0.2) is 86.8 Å². The molecule has 16 rings (SSSR count). The van der Waals surface area contributed by atoms with Crippen LogP contribution >= 0.6 is 31.9 Å². The number of nitrogens with one attached hydrogen (secondary N) is 4. The van der Waals surface area contributed by atoms with Crippen molar-refractivity contribution in [1.82, 2.24) is 68.4 Å². The molecule has 15 aromatic rings. The molecule has 12 aromatic heterocycles. The summed E-state index contributed by atoms with van der Waals surface area (Å²) in [6, 6.07) is 52.0. The summed E-state index contributed by atoms with van der Waals surface area (Å²) in [6.45, 7) is 10.3. The van der Waals surface area contributed by atoms with E-state index in [-0.39, 0.29) is 0 Å². The van der Waals surface area contributed by atoms with Crippen molar-refractivity contribution < 1.29 is 19.4 Å². The first-order chi connectivity index (χ1) is 49.5. The Hall–Kier alpha value is -11.5. The van der Waals surface area contributed by atoms with E-state index in [1.54, 1.807) is 60.0 Å². The Kier molecular flexibility index (Phi) is 21.8. The molecule has 0 atom stereocenters. The molecule has 1 saturated heterocycles. The Morgan fingerprint density at radius 2 is 0.931 bits per heavy atom. The van der Waals surface area contributed by atoms with E-state index in [2.05, 4.69) is 159 Å². The van der Waals surface area contributed by atoms with E-state index in [1.807, 2.05) is 129 Å². The minimum atomic E-state index is 0.435. The topological polar surface area (TPSA) is 255 Å². The van der Waals surface area contributed by atoms with Crippen LogP contribution < -0.4 is 30.7 Å². The maximum Gasteiger partial charge on any atom is 0.227 e. The van der Waals surface area contributed by atoms with Crippen molar-refractivity contribution in [2.75, 3.05) is 34.5 Å². The number of halogens is 2. The zero-order valence-electron chi connectivity index (χ0n) is 55.8. The summed E-state index contributed by atoms with van der Waals surface area (Å²) in [5.41, 5.74) is 17.9. The fourth-order valence-electron chi connectivity index (χ4n) is 11.6. The van der Waals surface area contributed by atoms with Gasteiger partial charge < -0.3 is 31.2 Å². The van der Waals surface area contributed by atoms with Gasteiger partial charge >= 0.3 is 0 Å². The van der Waals surface area contributed by atoms with Gasteiger partial charge in [0, 0.05) is 156 Å². The maximum atomic E-state index is 11.4. The summed E-state index contributed by atoms with van der Waals surface area (Å²) >= 11 is 7.06. The fourth-order valence-corrected chi connectivity index (χ4v) is 12.3. The van der Waals surface area contributed by atoms with E-state index in [9.17, 15) is 10.4 Å². The highest BCUT2D eigenvalue weighted by Crippen LogP contribution is 2.32. The first kappa shape index (κ1) is 68.0. The Bertz CT molecular complexity index is 5200. The smallest absolute Gasteiger partial charge is 0.227 e. The highest BCUT2D eigenvalue weighted by Gasteiger charge is 2.22. The van der Waals surface area contributed by atoms with Crippen molar-refractivity contribution >= 4 is 77.7 Å². The van der Waals surface area contributed by atoms with Crippen molar-refractivity contribution in [2.24, 2.45) is 0 Å². The van der Waals surface area contributed by atoms with E-state index in [0.717, 1.165) is 182 Å². The SMILES string of the molecule is Brc1cnn2c(NCc3cccnc3)cc(C3CCOCC3)nc12.CCc1cnn2c(NCc3ccc[n+](O)c3)cc(-c3ccccc3)nc12.CCc1cnn2c(NCc3cccnc3)cc(-c3ccccc3)nc12.Cc1ccccc1-c1cc(NCc2ccc[n+]([O-])c2)n2ncc(Br)c2n1. The minimum absolute atomic E-state index is 0.435. The summed E-state index contributed by atoms with van der Waals surface area (Å²) in [4.78, 5) is 27.6. The van der Waals surface area contributed by atoms with Gasteiger partial charge in [0.2, 0.25) is 12.4 Å². The van der Waals surface area contributed by atoms with Crippen LogP contribution in [0.4, 0.5) is 23.3 Å². The molecule has 0 radical (unpaired) electrons. The summed E-state index contributed by atoms with van der Waals surface area (Å²) in [5, 5.41) is 52.5. The number of hydrogen-bond acceptors (Lipinski definition) is 17. The van der Waals surface area contributed by atoms with E-state index in [4.69, 9.17) is 24.7 Å². The van der Waals surface area contributed by atoms with Gasteiger partial charge in [-0.25, -0.2) is 19.9 Å². The lowest BCUT2D eigenvalue weighted by molar-refractivity contribution is -0.905. The molecule has 13 heterocycles. The normalized spacial score (nSPS) is 12.1. The molecule has 0 amide bonds. The average molecular weight is 1470 g/mol. The highest BCUT2D eigenvalue weighted by atomic mass is 79.9. The number of fused-ring (bicyclic) bond motifs is 4. The van der Waals surface area contributed by atoms with Gasteiger partial charge in [-0.15, -0.1) is 0 Å². The third-order valence-electron chi connectivity index (χ3n) is 17.0. The predicted molar refractivity (Wildman–Crippen MR) is 397 cm³/mol. The fraction of sp³-hybridized carbons (Fsp3) is 0.184. The quantitative estimate of drug-likeness (QED) is 0.0304. The lowest BCUT2D eigenvalue weighted by Gasteiger charge is -2.22. The van der Waals surface area contributed by atoms with Crippen LogP contribution in [0.15, 0.2) is 241 Å². The molecule has 0 aliphatic carbocycles. The average Bonchev–Trinajstić information content (AvgIpc) is 1.72. The van der Waals surface area contributed by atoms with Crippen molar-refractivity contribution in [1.29, 1.82) is 0 Å². The zero-order chi connectivity index (χ0) is 69.4. The molecule has 508 valence electrons. The van der Waals surface area contributed by atoms with Crippen LogP contribution in [0.1, 0.15) is 77.2 Å². The predicted octanol–water partition coefficient (Wildman–Crippen LogP) is 14.2. The number of pyridine rings is 4. The standard InChI is InChI=1S/C20H20N5O.C20H19N5.C19H16BrN5O.C17H18BrN5O/c1-2-16-13-22-25-19(21-12-15-7-6-10-24(26)14-15)11-18(23-20(16)25)17-8-4-3-5-9-17;1-2-16-14-23-25-19(22-13-15-7-6-10-21-12-15)11-18(24-20(16)25)17-8-4-3-5-9-17;1-13-5-2-3-7-15(13)17-9-18(25-19(23-17)16(20)11-22-25)21-10-14-6-4-8-24(26)12-14;18-14-11-21-23-16(20-10-12-2-1-5-19-9-12)8-15(22-17(14)23)13-3-6-24-7-4-13/h3-11,13-14,21,26H,2,12H2,1H3;3-12,14,22H,2,13H2,1H3;2-9,11-12,21H,10H2,1H3;1-2,5,8-9,11,13,20H,3-4,6-7,10H2/q+1;;;. The monoisotopic (exact) mass is 1470 g/mol. The van der Waals surface area contributed by atoms with Crippen LogP contribution in [0.3, 0.4) is 0 Å². The van der Waals surface area contributed by atoms with Crippen LogP contribution in [-0.2, 0) is 43.8 Å². The summed E-state index contributed by atoms with van der Waals surface area (Å²) in [6.07, 6.45) is 24.6. The van der Waals surface area contributed by atoms with Crippen molar-refractivity contribution in [3.63, 3.8) is 0 Å². The van der Waals surface area contributed by atoms with Gasteiger partial charge in [-0.05, 0) is 105 Å². The largest absolute Gasteiger partial charge is 0.619 e. The third-order valence-corrected chi connectivity index (χ3v) is 18.1. The van der Waals surface area contributed by atoms with Crippen LogP contribution in [0, 0.1) is 12.1 Å². The number of anilines is 4. The minimum Gasteiger partial charge on any atom is -0.619 e. The second-order valence-corrected chi connectivity index (χ2v) is 25.6. The molecule has 3 aromatic carbocycles. The molecule has 1 aliphatic heterocycles. The molecule has 1 fully saturated rings. The summed E-state index contributed by atoms with van der Waals surface area (Å²) < 4.78 is 16.4. The van der Waals surface area contributed by atoms with Gasteiger partial charge in [0.05, 0.1) is 50.8 Å². The number of benzene rings is 3. The molecule has 25 heteroatoms. The summed E-state index contributed by atoms with van der Waals surface area (Å²) in [7, 11) is 0. The van der Waals surface area contributed by atoms with Crippen LogP contribution in [0.2, 0.25) is 0 Å². The van der Waals surface area contributed by atoms with Gasteiger partial charge in [-0.3, -0.25) is 15.2 Å². The summed E-state index contributed by atoms with van der Waals surface area (Å²) in [5.74, 6) is 3.97. The molecule has 23 nitrogen and oxygen atoms in total. The molecule has 5 N–H and O–H groups in total. The van der Waals surface area contributed by atoms with E-state index in [0.29, 0.717) is 32.1 Å². The van der Waals surface area contributed by atoms with Crippen LogP contribution in [0.25, 0.3) is 56.4 Å². The number of hydrogen-bond donors (Lipinski definition) is 5. The molecule has 0 bridgehead atoms. The van der Waals surface area contributed by atoms with E-state index < -0.39 is 0 Å². The molecule has 1 aliphatic rings. The van der Waals surface area contributed by atoms with Gasteiger partial charge in [-0.1, -0.05) is 111 Å². The molecule has 0 spiro atoms. The first-order valence-electron chi connectivity index (χ1n) is 33.2. The van der Waals surface area contributed by atoms with Crippen LogP contribution in [0.5, 0.6) is 0 Å². The van der Waals surface area contributed by atoms with Gasteiger partial charge in [-0.2, -0.15) is 43.2 Å². The number of aromatic nitrogens is 16. The van der Waals surface area contributed by atoms with E-state index in [1.165, 1.54) is 6.20 Å². The highest BCUT2D eigenvalue weighted by molar-refractivity contribution is 9.11. The van der Waals surface area contributed by atoms with Gasteiger partial charge in [0.15, 0.2) is 35.0 Å². The Morgan fingerprint density at radius 1 is 0.485 bits per heavy atom. The number of rotatable bonds is 18. The first-order valence-corrected chi connectivity index (χ1v) is 34.8. The third kappa shape index (κ3) is 16.6. The van der Waals surface area contributed by atoms with Gasteiger partial charge in [0.1, 0.15) is 23.3 Å². The zero-order valence-corrected chi connectivity index (χ0v) is 58.9. The maximum absolute atomic E-state index is 11.4. The molecule has 0 unspecified atom stereocenters. The molecule has 0 saturated carbocycles. The van der Waals surface area contributed by atoms with Crippen molar-refractivity contribution in [3.05, 3.63) is 291 Å². The molecular formula is C76H73Br2N20O3+.